The van der Waals surface area contributed by atoms with Gasteiger partial charge >= 0.3 is 6.18 Å². The maximum Gasteiger partial charge on any atom is 0.422 e. The topological polar surface area (TPSA) is 29.5 Å². The summed E-state index contributed by atoms with van der Waals surface area (Å²) < 4.78 is 65.3. The van der Waals surface area contributed by atoms with Gasteiger partial charge in [-0.1, -0.05) is 0 Å². The largest absolute Gasteiger partial charge is 0.484 e. The predicted molar refractivity (Wildman–Crippen MR) is 43.8 cm³/mol. The molecule has 0 heterocycles. The summed E-state index contributed by atoms with van der Waals surface area (Å²) in [6.07, 6.45) is -4.58. The smallest absolute Gasteiger partial charge is 0.422 e. The van der Waals surface area contributed by atoms with Crippen LogP contribution in [0.3, 0.4) is 0 Å². The standard InChI is InChI=1S/C9H7F5O2/c10-7-1-5(16-4-9(12,13)14)2-8(11)6(7)3-15/h1-2,15H,3-4H2. The summed E-state index contributed by atoms with van der Waals surface area (Å²) in [7, 11) is 0. The number of aliphatic hydroxyl groups is 1. The highest BCUT2D eigenvalue weighted by atomic mass is 19.4. The number of hydrogen-bond acceptors (Lipinski definition) is 2. The van der Waals surface area contributed by atoms with E-state index in [1.54, 1.807) is 0 Å². The molecular weight excluding hydrogens is 235 g/mol. The summed E-state index contributed by atoms with van der Waals surface area (Å²) in [5, 5.41) is 8.55. The molecule has 0 amide bonds. The average Bonchev–Trinajstić information content (AvgIpc) is 2.13. The summed E-state index contributed by atoms with van der Waals surface area (Å²) in [6, 6.07) is 1.17. The zero-order chi connectivity index (χ0) is 12.3. The first-order valence-electron chi connectivity index (χ1n) is 4.12. The first kappa shape index (κ1) is 12.7. The van der Waals surface area contributed by atoms with E-state index in [0.717, 1.165) is 0 Å². The first-order chi connectivity index (χ1) is 7.33. The second-order valence-electron chi connectivity index (χ2n) is 2.93. The van der Waals surface area contributed by atoms with E-state index in [2.05, 4.69) is 4.74 Å². The summed E-state index contributed by atoms with van der Waals surface area (Å²) in [4.78, 5) is 0. The molecule has 0 aliphatic rings. The third kappa shape index (κ3) is 3.34. The van der Waals surface area contributed by atoms with Crippen molar-refractivity contribution in [1.29, 1.82) is 0 Å². The fourth-order valence-corrected chi connectivity index (χ4v) is 0.979. The summed E-state index contributed by atoms with van der Waals surface area (Å²) in [6.45, 7) is -2.51. The van der Waals surface area contributed by atoms with Crippen molar-refractivity contribution >= 4 is 0 Å². The summed E-state index contributed by atoms with van der Waals surface area (Å²) >= 11 is 0. The van der Waals surface area contributed by atoms with Crippen LogP contribution in [0, 0.1) is 11.6 Å². The van der Waals surface area contributed by atoms with Crippen LogP contribution in [0.15, 0.2) is 12.1 Å². The minimum atomic E-state index is -4.58. The van der Waals surface area contributed by atoms with Gasteiger partial charge in [0.15, 0.2) is 6.61 Å². The van der Waals surface area contributed by atoms with Crippen molar-refractivity contribution in [2.24, 2.45) is 0 Å². The number of benzene rings is 1. The molecule has 0 radical (unpaired) electrons. The van der Waals surface area contributed by atoms with E-state index in [1.165, 1.54) is 0 Å². The molecule has 7 heteroatoms. The Morgan fingerprint density at radius 2 is 1.62 bits per heavy atom. The zero-order valence-corrected chi connectivity index (χ0v) is 7.81. The average molecular weight is 242 g/mol. The van der Waals surface area contributed by atoms with Gasteiger partial charge < -0.3 is 9.84 Å². The molecule has 0 saturated carbocycles. The number of aliphatic hydroxyl groups excluding tert-OH is 1. The molecular formula is C9H7F5O2. The minimum Gasteiger partial charge on any atom is -0.484 e. The molecule has 0 fully saturated rings. The maximum atomic E-state index is 13.0. The Kier molecular flexibility index (Phi) is 3.69. The van der Waals surface area contributed by atoms with Crippen molar-refractivity contribution in [3.05, 3.63) is 29.3 Å². The van der Waals surface area contributed by atoms with Gasteiger partial charge in [-0.3, -0.25) is 0 Å². The van der Waals surface area contributed by atoms with E-state index in [1.807, 2.05) is 0 Å². The summed E-state index contributed by atoms with van der Waals surface area (Å²) in [5.74, 6) is -2.89. The number of alkyl halides is 3. The monoisotopic (exact) mass is 242 g/mol. The van der Waals surface area contributed by atoms with Crippen molar-refractivity contribution in [2.75, 3.05) is 6.61 Å². The molecule has 0 aromatic heterocycles. The molecule has 0 aliphatic carbocycles. The van der Waals surface area contributed by atoms with Gasteiger partial charge in [0.1, 0.15) is 17.4 Å². The second-order valence-corrected chi connectivity index (χ2v) is 2.93. The normalized spacial score (nSPS) is 11.6. The SMILES string of the molecule is OCc1c(F)cc(OCC(F)(F)F)cc1F. The van der Waals surface area contributed by atoms with Crippen molar-refractivity contribution < 1.29 is 31.8 Å². The Morgan fingerprint density at radius 1 is 1.12 bits per heavy atom. The van der Waals surface area contributed by atoms with E-state index in [4.69, 9.17) is 5.11 Å². The van der Waals surface area contributed by atoms with E-state index >= 15 is 0 Å². The molecule has 0 unspecified atom stereocenters. The Morgan fingerprint density at radius 3 is 2.00 bits per heavy atom. The lowest BCUT2D eigenvalue weighted by Crippen LogP contribution is -2.19. The van der Waals surface area contributed by atoms with Crippen LogP contribution in [-0.4, -0.2) is 17.9 Å². The van der Waals surface area contributed by atoms with Crippen molar-refractivity contribution in [1.82, 2.24) is 0 Å². The van der Waals surface area contributed by atoms with E-state index in [-0.39, 0.29) is 0 Å². The molecule has 0 saturated heterocycles. The highest BCUT2D eigenvalue weighted by molar-refractivity contribution is 5.30. The van der Waals surface area contributed by atoms with Crippen LogP contribution in [0.4, 0.5) is 22.0 Å². The molecule has 1 N–H and O–H groups in total. The van der Waals surface area contributed by atoms with Gasteiger partial charge in [-0.2, -0.15) is 13.2 Å². The van der Waals surface area contributed by atoms with Crippen LogP contribution in [0.25, 0.3) is 0 Å². The molecule has 2 nitrogen and oxygen atoms in total. The molecule has 1 aromatic rings. The van der Waals surface area contributed by atoms with Crippen molar-refractivity contribution in [2.45, 2.75) is 12.8 Å². The van der Waals surface area contributed by atoms with Crippen molar-refractivity contribution in [3.8, 4) is 5.75 Å². The molecule has 0 spiro atoms. The van der Waals surface area contributed by atoms with Crippen LogP contribution in [-0.2, 0) is 6.61 Å². The molecule has 0 aliphatic heterocycles. The van der Waals surface area contributed by atoms with Gasteiger partial charge in [0.05, 0.1) is 6.61 Å². The number of hydrogen-bond donors (Lipinski definition) is 1. The number of halogens is 5. The zero-order valence-electron chi connectivity index (χ0n) is 7.81. The number of rotatable bonds is 3. The molecule has 16 heavy (non-hydrogen) atoms. The minimum absolute atomic E-state index is 0.579. The fourth-order valence-electron chi connectivity index (χ4n) is 0.979. The van der Waals surface area contributed by atoms with Gasteiger partial charge in [0.2, 0.25) is 0 Å². The van der Waals surface area contributed by atoms with E-state index < -0.39 is 42.3 Å². The van der Waals surface area contributed by atoms with Crippen molar-refractivity contribution in [3.63, 3.8) is 0 Å². The van der Waals surface area contributed by atoms with Crippen LogP contribution in [0.5, 0.6) is 5.75 Å². The first-order valence-corrected chi connectivity index (χ1v) is 4.12. The quantitative estimate of drug-likeness (QED) is 0.824. The van der Waals surface area contributed by atoms with Gasteiger partial charge in [-0.25, -0.2) is 8.78 Å². The maximum absolute atomic E-state index is 13.0. The van der Waals surface area contributed by atoms with E-state index in [9.17, 15) is 22.0 Å². The molecule has 1 aromatic carbocycles. The third-order valence-corrected chi connectivity index (χ3v) is 1.68. The fraction of sp³-hybridized carbons (Fsp3) is 0.333. The van der Waals surface area contributed by atoms with E-state index in [0.29, 0.717) is 12.1 Å². The van der Waals surface area contributed by atoms with Crippen LogP contribution < -0.4 is 4.74 Å². The Bertz CT molecular complexity index is 352. The Labute approximate surface area is 87.3 Å². The summed E-state index contributed by atoms with van der Waals surface area (Å²) in [5.41, 5.74) is -0.612. The lowest BCUT2D eigenvalue weighted by molar-refractivity contribution is -0.153. The molecule has 0 atom stereocenters. The molecule has 1 rings (SSSR count). The van der Waals surface area contributed by atoms with Gasteiger partial charge in [0, 0.05) is 17.7 Å². The van der Waals surface area contributed by atoms with Gasteiger partial charge in [0.25, 0.3) is 0 Å². The lowest BCUT2D eigenvalue weighted by atomic mass is 10.2. The predicted octanol–water partition coefficient (Wildman–Crippen LogP) is 2.40. The van der Waals surface area contributed by atoms with Crippen LogP contribution in [0.2, 0.25) is 0 Å². The Balaban J connectivity index is 2.84. The third-order valence-electron chi connectivity index (χ3n) is 1.68. The second kappa shape index (κ2) is 4.65. The van der Waals surface area contributed by atoms with Gasteiger partial charge in [-0.05, 0) is 0 Å². The highest BCUT2D eigenvalue weighted by Crippen LogP contribution is 2.23. The molecule has 90 valence electrons. The van der Waals surface area contributed by atoms with Crippen LogP contribution in [0.1, 0.15) is 5.56 Å². The number of ether oxygens (including phenoxy) is 1. The lowest BCUT2D eigenvalue weighted by Gasteiger charge is -2.10. The van der Waals surface area contributed by atoms with Gasteiger partial charge in [-0.15, -0.1) is 0 Å². The highest BCUT2D eigenvalue weighted by Gasteiger charge is 2.28. The molecule has 0 bridgehead atoms. The van der Waals surface area contributed by atoms with Crippen LogP contribution >= 0.6 is 0 Å². The Hall–Kier alpha value is -1.37.